The Morgan fingerprint density at radius 3 is 2.00 bits per heavy atom. The molecule has 0 amide bonds. The van der Waals surface area contributed by atoms with Gasteiger partial charge in [-0.1, -0.05) is 91.0 Å². The highest BCUT2D eigenvalue weighted by atomic mass is 16.5. The van der Waals surface area contributed by atoms with Gasteiger partial charge in [0.15, 0.2) is 0 Å². The number of aliphatic imine (C=N–C) groups is 1. The number of benzene rings is 4. The van der Waals surface area contributed by atoms with Crippen molar-refractivity contribution in [2.45, 2.75) is 0 Å². The maximum Gasteiger partial charge on any atom is 0.217 e. The van der Waals surface area contributed by atoms with Gasteiger partial charge < -0.3 is 4.74 Å². The molecule has 0 N–H and O–H groups in total. The van der Waals surface area contributed by atoms with Gasteiger partial charge >= 0.3 is 0 Å². The molecule has 0 unspecified atom stereocenters. The SMILES string of the molecule is c1ccc(-c2ccc3cccc(-c4ccccc4)c3c2C2=NCCO2)cc1. The second kappa shape index (κ2) is 6.73. The van der Waals surface area contributed by atoms with Gasteiger partial charge in [-0.05, 0) is 27.6 Å². The lowest BCUT2D eigenvalue weighted by atomic mass is 9.89. The molecule has 0 atom stereocenters. The van der Waals surface area contributed by atoms with Gasteiger partial charge in [-0.25, -0.2) is 4.99 Å². The fraction of sp³-hybridized carbons (Fsp3) is 0.0800. The Morgan fingerprint density at radius 1 is 0.630 bits per heavy atom. The van der Waals surface area contributed by atoms with Gasteiger partial charge in [0, 0.05) is 5.39 Å². The van der Waals surface area contributed by atoms with E-state index in [4.69, 9.17) is 4.74 Å². The summed E-state index contributed by atoms with van der Waals surface area (Å²) in [6.07, 6.45) is 0. The molecule has 0 saturated heterocycles. The molecular weight excluding hydrogens is 330 g/mol. The number of hydrogen-bond acceptors (Lipinski definition) is 2. The van der Waals surface area contributed by atoms with E-state index in [2.05, 4.69) is 89.9 Å². The lowest BCUT2D eigenvalue weighted by Gasteiger charge is -2.16. The molecule has 4 aromatic rings. The molecular formula is C25H19NO. The van der Waals surface area contributed by atoms with Crippen LogP contribution in [0.5, 0.6) is 0 Å². The minimum Gasteiger partial charge on any atom is -0.475 e. The highest BCUT2D eigenvalue weighted by Crippen LogP contribution is 2.37. The van der Waals surface area contributed by atoms with Crippen molar-refractivity contribution in [3.8, 4) is 22.3 Å². The normalized spacial score (nSPS) is 13.4. The summed E-state index contributed by atoms with van der Waals surface area (Å²) in [7, 11) is 0. The molecule has 27 heavy (non-hydrogen) atoms. The van der Waals surface area contributed by atoms with E-state index in [1.165, 1.54) is 27.5 Å². The lowest BCUT2D eigenvalue weighted by Crippen LogP contribution is -2.05. The summed E-state index contributed by atoms with van der Waals surface area (Å²) >= 11 is 0. The van der Waals surface area contributed by atoms with Crippen LogP contribution in [0.3, 0.4) is 0 Å². The second-order valence-corrected chi connectivity index (χ2v) is 6.66. The molecule has 0 bridgehead atoms. The van der Waals surface area contributed by atoms with Gasteiger partial charge in [-0.15, -0.1) is 0 Å². The first-order valence-electron chi connectivity index (χ1n) is 9.26. The first kappa shape index (κ1) is 15.8. The van der Waals surface area contributed by atoms with Crippen molar-refractivity contribution in [3.05, 3.63) is 96.6 Å². The van der Waals surface area contributed by atoms with Gasteiger partial charge in [0.2, 0.25) is 5.90 Å². The fourth-order valence-electron chi connectivity index (χ4n) is 3.80. The minimum atomic E-state index is 0.646. The molecule has 1 aliphatic heterocycles. The smallest absolute Gasteiger partial charge is 0.217 e. The average molecular weight is 349 g/mol. The van der Waals surface area contributed by atoms with Crippen molar-refractivity contribution in [1.82, 2.24) is 0 Å². The number of nitrogens with zero attached hydrogens (tertiary/aromatic N) is 1. The minimum absolute atomic E-state index is 0.646. The van der Waals surface area contributed by atoms with E-state index in [0.29, 0.717) is 13.2 Å². The first-order chi connectivity index (χ1) is 13.4. The maximum absolute atomic E-state index is 5.95. The number of rotatable bonds is 3. The lowest BCUT2D eigenvalue weighted by molar-refractivity contribution is 0.349. The molecule has 0 radical (unpaired) electrons. The third kappa shape index (κ3) is 2.80. The van der Waals surface area contributed by atoms with Crippen LogP contribution in [0, 0.1) is 0 Å². The van der Waals surface area contributed by atoms with Crippen LogP contribution in [0.1, 0.15) is 5.56 Å². The van der Waals surface area contributed by atoms with Crippen molar-refractivity contribution in [2.24, 2.45) is 4.99 Å². The summed E-state index contributed by atoms with van der Waals surface area (Å²) < 4.78 is 5.95. The Labute approximate surface area is 158 Å². The molecule has 0 fully saturated rings. The number of ether oxygens (including phenoxy) is 1. The zero-order valence-corrected chi connectivity index (χ0v) is 14.9. The van der Waals surface area contributed by atoms with Crippen molar-refractivity contribution < 1.29 is 4.74 Å². The number of hydrogen-bond donors (Lipinski definition) is 0. The highest BCUT2D eigenvalue weighted by molar-refractivity contribution is 6.16. The van der Waals surface area contributed by atoms with Crippen LogP contribution in [0.2, 0.25) is 0 Å². The van der Waals surface area contributed by atoms with Crippen LogP contribution in [0.25, 0.3) is 33.0 Å². The molecule has 0 spiro atoms. The van der Waals surface area contributed by atoms with Crippen molar-refractivity contribution in [1.29, 1.82) is 0 Å². The van der Waals surface area contributed by atoms with Crippen LogP contribution in [0.4, 0.5) is 0 Å². The summed E-state index contributed by atoms with van der Waals surface area (Å²) in [5.41, 5.74) is 5.84. The molecule has 2 heteroatoms. The molecule has 1 aliphatic rings. The monoisotopic (exact) mass is 349 g/mol. The van der Waals surface area contributed by atoms with E-state index >= 15 is 0 Å². The summed E-state index contributed by atoms with van der Waals surface area (Å²) in [5.74, 6) is 0.753. The summed E-state index contributed by atoms with van der Waals surface area (Å²) in [5, 5.41) is 2.40. The Balaban J connectivity index is 1.89. The van der Waals surface area contributed by atoms with Crippen LogP contribution in [-0.2, 0) is 4.74 Å². The van der Waals surface area contributed by atoms with Crippen LogP contribution in [-0.4, -0.2) is 19.0 Å². The molecule has 2 nitrogen and oxygen atoms in total. The average Bonchev–Trinajstić information content (AvgIpc) is 3.28. The number of fused-ring (bicyclic) bond motifs is 1. The van der Waals surface area contributed by atoms with E-state index in [1.54, 1.807) is 0 Å². The van der Waals surface area contributed by atoms with Crippen LogP contribution < -0.4 is 0 Å². The second-order valence-electron chi connectivity index (χ2n) is 6.66. The fourth-order valence-corrected chi connectivity index (χ4v) is 3.80. The maximum atomic E-state index is 5.95. The third-order valence-corrected chi connectivity index (χ3v) is 5.01. The molecule has 4 aromatic carbocycles. The molecule has 0 aromatic heterocycles. The molecule has 0 saturated carbocycles. The van der Waals surface area contributed by atoms with Gasteiger partial charge in [0.25, 0.3) is 0 Å². The van der Waals surface area contributed by atoms with Gasteiger partial charge in [0.1, 0.15) is 6.61 Å². The molecule has 5 rings (SSSR count). The third-order valence-electron chi connectivity index (χ3n) is 5.01. The van der Waals surface area contributed by atoms with Gasteiger partial charge in [0.05, 0.1) is 12.1 Å². The predicted molar refractivity (Wildman–Crippen MR) is 112 cm³/mol. The standard InChI is InChI=1S/C25H19NO/c1-3-8-18(9-4-1)21-13-7-12-20-14-15-22(19-10-5-2-6-11-19)24(23(20)21)25-26-16-17-27-25/h1-15H,16-17H2. The zero-order valence-electron chi connectivity index (χ0n) is 14.9. The predicted octanol–water partition coefficient (Wildman–Crippen LogP) is 5.95. The summed E-state index contributed by atoms with van der Waals surface area (Å²) in [6.45, 7) is 1.36. The summed E-state index contributed by atoms with van der Waals surface area (Å²) in [6, 6.07) is 31.9. The largest absolute Gasteiger partial charge is 0.475 e. The van der Waals surface area contributed by atoms with Crippen LogP contribution in [0.15, 0.2) is 96.0 Å². The Kier molecular flexibility index (Phi) is 3.95. The first-order valence-corrected chi connectivity index (χ1v) is 9.26. The highest BCUT2D eigenvalue weighted by Gasteiger charge is 2.21. The van der Waals surface area contributed by atoms with Crippen molar-refractivity contribution in [3.63, 3.8) is 0 Å². The van der Waals surface area contributed by atoms with E-state index in [-0.39, 0.29) is 0 Å². The quantitative estimate of drug-likeness (QED) is 0.448. The van der Waals surface area contributed by atoms with Crippen LogP contribution >= 0.6 is 0 Å². The van der Waals surface area contributed by atoms with Gasteiger partial charge in [-0.2, -0.15) is 0 Å². The van der Waals surface area contributed by atoms with E-state index in [0.717, 1.165) is 17.0 Å². The van der Waals surface area contributed by atoms with Gasteiger partial charge in [-0.3, -0.25) is 0 Å². The molecule has 1 heterocycles. The topological polar surface area (TPSA) is 21.6 Å². The van der Waals surface area contributed by atoms with E-state index in [1.807, 2.05) is 6.07 Å². The van der Waals surface area contributed by atoms with Crippen molar-refractivity contribution >= 4 is 16.7 Å². The Bertz CT molecular complexity index is 1130. The van der Waals surface area contributed by atoms with E-state index in [9.17, 15) is 0 Å². The molecule has 130 valence electrons. The Morgan fingerprint density at radius 2 is 1.33 bits per heavy atom. The zero-order chi connectivity index (χ0) is 18.1. The molecule has 0 aliphatic carbocycles. The van der Waals surface area contributed by atoms with E-state index < -0.39 is 0 Å². The Hall–Kier alpha value is -3.39. The van der Waals surface area contributed by atoms with Crippen molar-refractivity contribution in [2.75, 3.05) is 13.2 Å². The summed E-state index contributed by atoms with van der Waals surface area (Å²) in [4.78, 5) is 4.67.